The first-order valence-electron chi connectivity index (χ1n) is 3.95. The lowest BCUT2D eigenvalue weighted by atomic mass is 9.85. The minimum atomic E-state index is 0.0960. The van der Waals surface area contributed by atoms with E-state index in [1.807, 2.05) is 13.8 Å². The summed E-state index contributed by atoms with van der Waals surface area (Å²) in [6, 6.07) is 0. The number of carbonyl (C=O) groups is 1. The van der Waals surface area contributed by atoms with Crippen molar-refractivity contribution in [2.45, 2.75) is 26.7 Å². The Labute approximate surface area is 67.8 Å². The Morgan fingerprint density at radius 2 is 2.36 bits per heavy atom. The van der Waals surface area contributed by atoms with Gasteiger partial charge in [0.15, 0.2) is 0 Å². The van der Waals surface area contributed by atoms with Gasteiger partial charge in [0, 0.05) is 12.3 Å². The van der Waals surface area contributed by atoms with Crippen molar-refractivity contribution in [1.82, 2.24) is 0 Å². The van der Waals surface area contributed by atoms with Gasteiger partial charge >= 0.3 is 0 Å². The Hall–Kier alpha value is -0.850. The summed E-state index contributed by atoms with van der Waals surface area (Å²) in [6.07, 6.45) is 3.62. The van der Waals surface area contributed by atoms with Crippen LogP contribution in [0.2, 0.25) is 0 Å². The minimum absolute atomic E-state index is 0.0960. The van der Waals surface area contributed by atoms with Crippen LogP contribution in [0.25, 0.3) is 0 Å². The third kappa shape index (κ3) is 1.79. The van der Waals surface area contributed by atoms with E-state index in [0.29, 0.717) is 12.2 Å². The molecule has 0 radical (unpaired) electrons. The number of carbonyl (C=O) groups excluding carboxylic acids is 1. The molecule has 1 atom stereocenters. The number of hydrogen-bond donors (Lipinski definition) is 0. The van der Waals surface area contributed by atoms with Crippen LogP contribution in [-0.2, 0) is 4.79 Å². The summed E-state index contributed by atoms with van der Waals surface area (Å²) in [5, 5.41) is 0. The van der Waals surface area contributed by atoms with Crippen LogP contribution in [-0.4, -0.2) is 5.78 Å². The summed E-state index contributed by atoms with van der Waals surface area (Å²) in [5.74, 6) is 0.427. The van der Waals surface area contributed by atoms with E-state index < -0.39 is 0 Å². The summed E-state index contributed by atoms with van der Waals surface area (Å²) in [6.45, 7) is 7.74. The van der Waals surface area contributed by atoms with Gasteiger partial charge in [0.25, 0.3) is 0 Å². The fourth-order valence-electron chi connectivity index (χ4n) is 1.40. The molecule has 1 nitrogen and oxygen atoms in total. The summed E-state index contributed by atoms with van der Waals surface area (Å²) in [4.78, 5) is 11.3. The van der Waals surface area contributed by atoms with Crippen LogP contribution in [0.5, 0.6) is 0 Å². The molecule has 0 bridgehead atoms. The summed E-state index contributed by atoms with van der Waals surface area (Å²) in [5.41, 5.74) is 2.20. The highest BCUT2D eigenvalue weighted by molar-refractivity contribution is 5.86. The minimum Gasteiger partial charge on any atom is -0.299 e. The van der Waals surface area contributed by atoms with Crippen molar-refractivity contribution in [3.63, 3.8) is 0 Å². The molecule has 1 heteroatoms. The zero-order valence-corrected chi connectivity index (χ0v) is 7.18. The lowest BCUT2D eigenvalue weighted by molar-refractivity contribution is -0.121. The quantitative estimate of drug-likeness (QED) is 0.525. The van der Waals surface area contributed by atoms with Crippen LogP contribution >= 0.6 is 0 Å². The SMILES string of the molecule is C=C(C)[C@H]1CC=C(C)CC1=O. The zero-order valence-electron chi connectivity index (χ0n) is 7.18. The van der Waals surface area contributed by atoms with Gasteiger partial charge in [-0.05, 0) is 20.3 Å². The largest absolute Gasteiger partial charge is 0.299 e. The zero-order chi connectivity index (χ0) is 8.43. The van der Waals surface area contributed by atoms with Gasteiger partial charge in [-0.2, -0.15) is 0 Å². The first-order valence-corrected chi connectivity index (χ1v) is 3.95. The Balaban J connectivity index is 2.74. The van der Waals surface area contributed by atoms with E-state index in [9.17, 15) is 4.79 Å². The molecule has 0 unspecified atom stereocenters. The van der Waals surface area contributed by atoms with Crippen molar-refractivity contribution in [1.29, 1.82) is 0 Å². The molecule has 0 aliphatic heterocycles. The molecule has 60 valence electrons. The van der Waals surface area contributed by atoms with Gasteiger partial charge in [-0.25, -0.2) is 0 Å². The normalized spacial score (nSPS) is 24.7. The van der Waals surface area contributed by atoms with Crippen molar-refractivity contribution in [3.8, 4) is 0 Å². The third-order valence-corrected chi connectivity index (χ3v) is 2.14. The molecule has 0 N–H and O–H groups in total. The van der Waals surface area contributed by atoms with E-state index in [-0.39, 0.29) is 5.92 Å². The molecule has 1 aliphatic carbocycles. The van der Waals surface area contributed by atoms with Gasteiger partial charge in [-0.15, -0.1) is 0 Å². The third-order valence-electron chi connectivity index (χ3n) is 2.14. The van der Waals surface area contributed by atoms with E-state index >= 15 is 0 Å². The molecule has 0 saturated heterocycles. The second-order valence-corrected chi connectivity index (χ2v) is 3.33. The Kier molecular flexibility index (Phi) is 2.28. The lowest BCUT2D eigenvalue weighted by Gasteiger charge is -2.18. The van der Waals surface area contributed by atoms with Crippen LogP contribution in [0, 0.1) is 5.92 Å². The van der Waals surface area contributed by atoms with Crippen LogP contribution < -0.4 is 0 Å². The van der Waals surface area contributed by atoms with Gasteiger partial charge in [0.1, 0.15) is 5.78 Å². The number of hydrogen-bond acceptors (Lipinski definition) is 1. The fraction of sp³-hybridized carbons (Fsp3) is 0.500. The Bertz CT molecular complexity index is 223. The maximum Gasteiger partial charge on any atom is 0.144 e. The number of ketones is 1. The summed E-state index contributed by atoms with van der Waals surface area (Å²) >= 11 is 0. The second-order valence-electron chi connectivity index (χ2n) is 3.33. The molecule has 0 aromatic carbocycles. The van der Waals surface area contributed by atoms with Crippen LogP contribution in [0.3, 0.4) is 0 Å². The topological polar surface area (TPSA) is 17.1 Å². The van der Waals surface area contributed by atoms with E-state index in [4.69, 9.17) is 0 Å². The van der Waals surface area contributed by atoms with Gasteiger partial charge in [0.05, 0.1) is 0 Å². The van der Waals surface area contributed by atoms with Gasteiger partial charge in [-0.1, -0.05) is 23.8 Å². The molecule has 0 fully saturated rings. The molecule has 0 aromatic rings. The Morgan fingerprint density at radius 1 is 1.73 bits per heavy atom. The lowest BCUT2D eigenvalue weighted by Crippen LogP contribution is -2.18. The molecule has 0 amide bonds. The maximum atomic E-state index is 11.3. The molecule has 0 spiro atoms. The molecule has 11 heavy (non-hydrogen) atoms. The first-order chi connectivity index (χ1) is 5.11. The highest BCUT2D eigenvalue weighted by atomic mass is 16.1. The molecule has 1 aliphatic rings. The number of allylic oxidation sites excluding steroid dienone is 3. The molecule has 0 saturated carbocycles. The average Bonchev–Trinajstić information content (AvgIpc) is 1.85. The average molecular weight is 150 g/mol. The van der Waals surface area contributed by atoms with E-state index in [1.165, 1.54) is 5.57 Å². The van der Waals surface area contributed by atoms with Crippen molar-refractivity contribution < 1.29 is 4.79 Å². The highest BCUT2D eigenvalue weighted by Gasteiger charge is 2.21. The van der Waals surface area contributed by atoms with Gasteiger partial charge in [0.2, 0.25) is 0 Å². The fourth-order valence-corrected chi connectivity index (χ4v) is 1.40. The standard InChI is InChI=1S/C10H14O/c1-7(2)9-5-4-8(3)6-10(9)11/h4,9H,1,5-6H2,2-3H3/t9-/m1/s1. The molecular weight excluding hydrogens is 136 g/mol. The highest BCUT2D eigenvalue weighted by Crippen LogP contribution is 2.24. The second kappa shape index (κ2) is 3.04. The predicted octanol–water partition coefficient (Wildman–Crippen LogP) is 2.49. The summed E-state index contributed by atoms with van der Waals surface area (Å²) < 4.78 is 0. The van der Waals surface area contributed by atoms with E-state index in [2.05, 4.69) is 12.7 Å². The van der Waals surface area contributed by atoms with Crippen molar-refractivity contribution in [2.24, 2.45) is 5.92 Å². The van der Waals surface area contributed by atoms with Crippen LogP contribution in [0.1, 0.15) is 26.7 Å². The Morgan fingerprint density at radius 3 is 2.82 bits per heavy atom. The molecule has 0 aromatic heterocycles. The van der Waals surface area contributed by atoms with Gasteiger partial charge < -0.3 is 0 Å². The van der Waals surface area contributed by atoms with Gasteiger partial charge in [-0.3, -0.25) is 4.79 Å². The smallest absolute Gasteiger partial charge is 0.144 e. The van der Waals surface area contributed by atoms with Crippen LogP contribution in [0.4, 0.5) is 0 Å². The van der Waals surface area contributed by atoms with Crippen molar-refractivity contribution in [2.75, 3.05) is 0 Å². The van der Waals surface area contributed by atoms with Crippen molar-refractivity contribution >= 4 is 5.78 Å². The monoisotopic (exact) mass is 150 g/mol. The maximum absolute atomic E-state index is 11.3. The number of Topliss-reactive ketones (excluding diaryl/α,β-unsaturated/α-hetero) is 1. The molecular formula is C10H14O. The van der Waals surface area contributed by atoms with Crippen LogP contribution in [0.15, 0.2) is 23.8 Å². The van der Waals surface area contributed by atoms with E-state index in [1.54, 1.807) is 0 Å². The molecule has 1 rings (SSSR count). The van der Waals surface area contributed by atoms with Crippen molar-refractivity contribution in [3.05, 3.63) is 23.8 Å². The number of rotatable bonds is 1. The molecule has 0 heterocycles. The predicted molar refractivity (Wildman–Crippen MR) is 46.3 cm³/mol. The first kappa shape index (κ1) is 8.25. The summed E-state index contributed by atoms with van der Waals surface area (Å²) in [7, 11) is 0. The van der Waals surface area contributed by atoms with E-state index in [0.717, 1.165) is 12.0 Å².